The fourth-order valence-corrected chi connectivity index (χ4v) is 4.70. The van der Waals surface area contributed by atoms with E-state index in [0.29, 0.717) is 17.9 Å². The van der Waals surface area contributed by atoms with Crippen LogP contribution >= 0.6 is 0 Å². The summed E-state index contributed by atoms with van der Waals surface area (Å²) in [5.41, 5.74) is 0.535. The van der Waals surface area contributed by atoms with Gasteiger partial charge < -0.3 is 9.47 Å². The van der Waals surface area contributed by atoms with Crippen LogP contribution in [-0.4, -0.2) is 19.7 Å². The highest BCUT2D eigenvalue weighted by molar-refractivity contribution is 6.07. The van der Waals surface area contributed by atoms with Crippen molar-refractivity contribution in [2.75, 3.05) is 13.7 Å². The number of fused-ring (bicyclic) bond motifs is 1. The Morgan fingerprint density at radius 1 is 0.647 bits per heavy atom. The Labute approximate surface area is 208 Å². The molecule has 2 aromatic carbocycles. The molecular formula is C31H48O3. The van der Waals surface area contributed by atoms with E-state index in [1.807, 2.05) is 36.4 Å². The lowest BCUT2D eigenvalue weighted by atomic mass is 10.0. The molecule has 0 unspecified atom stereocenters. The van der Waals surface area contributed by atoms with E-state index in [1.165, 1.54) is 96.3 Å². The average molecular weight is 469 g/mol. The maximum absolute atomic E-state index is 12.7. The SMILES string of the molecule is CCCCCCCCCCCCCCCCCCCOC(=O)c1c(OC)ccc2ccccc12. The zero-order valence-electron chi connectivity index (χ0n) is 21.9. The largest absolute Gasteiger partial charge is 0.496 e. The van der Waals surface area contributed by atoms with Crippen molar-refractivity contribution < 1.29 is 14.3 Å². The second-order valence-electron chi connectivity index (χ2n) is 9.66. The molecule has 0 amide bonds. The van der Waals surface area contributed by atoms with Crippen LogP contribution < -0.4 is 4.74 Å². The van der Waals surface area contributed by atoms with Gasteiger partial charge >= 0.3 is 5.97 Å². The summed E-state index contributed by atoms with van der Waals surface area (Å²) in [6.45, 7) is 2.76. The lowest BCUT2D eigenvalue weighted by Gasteiger charge is -2.12. The molecule has 3 nitrogen and oxygen atoms in total. The summed E-state index contributed by atoms with van der Waals surface area (Å²) in [6.07, 6.45) is 22.9. The van der Waals surface area contributed by atoms with Crippen molar-refractivity contribution >= 4 is 16.7 Å². The number of esters is 1. The summed E-state index contributed by atoms with van der Waals surface area (Å²) in [5, 5.41) is 1.90. The van der Waals surface area contributed by atoms with Gasteiger partial charge in [-0.05, 0) is 23.3 Å². The molecule has 3 heteroatoms. The minimum absolute atomic E-state index is 0.287. The normalized spacial score (nSPS) is 11.1. The number of hydrogen-bond acceptors (Lipinski definition) is 3. The lowest BCUT2D eigenvalue weighted by Crippen LogP contribution is -2.09. The number of hydrogen-bond donors (Lipinski definition) is 0. The summed E-state index contributed by atoms with van der Waals surface area (Å²) in [7, 11) is 1.59. The zero-order valence-corrected chi connectivity index (χ0v) is 21.9. The number of methoxy groups -OCH3 is 1. The summed E-state index contributed by atoms with van der Waals surface area (Å²) in [6, 6.07) is 11.7. The quantitative estimate of drug-likeness (QED) is 0.143. The number of rotatable bonds is 20. The van der Waals surface area contributed by atoms with Crippen molar-refractivity contribution in [1.82, 2.24) is 0 Å². The summed E-state index contributed by atoms with van der Waals surface area (Å²) >= 11 is 0. The van der Waals surface area contributed by atoms with Crippen molar-refractivity contribution in [3.63, 3.8) is 0 Å². The Balaban J connectivity index is 1.44. The number of unbranched alkanes of at least 4 members (excludes halogenated alkanes) is 16. The summed E-state index contributed by atoms with van der Waals surface area (Å²) in [4.78, 5) is 12.7. The Bertz CT molecular complexity index is 798. The molecule has 0 saturated heterocycles. The molecule has 0 spiro atoms. The highest BCUT2D eigenvalue weighted by atomic mass is 16.5. The molecule has 0 bridgehead atoms. The van der Waals surface area contributed by atoms with Crippen LogP contribution in [0.15, 0.2) is 36.4 Å². The van der Waals surface area contributed by atoms with E-state index in [1.54, 1.807) is 7.11 Å². The molecule has 0 saturated carbocycles. The van der Waals surface area contributed by atoms with E-state index < -0.39 is 0 Å². The van der Waals surface area contributed by atoms with Gasteiger partial charge in [-0.1, -0.05) is 140 Å². The molecule has 0 aliphatic heterocycles. The molecule has 2 aromatic rings. The van der Waals surface area contributed by atoms with Crippen molar-refractivity contribution in [3.05, 3.63) is 42.0 Å². The molecule has 0 aliphatic rings. The minimum atomic E-state index is -0.287. The predicted molar refractivity (Wildman–Crippen MR) is 145 cm³/mol. The van der Waals surface area contributed by atoms with Gasteiger partial charge in [0.1, 0.15) is 11.3 Å². The Morgan fingerprint density at radius 2 is 1.15 bits per heavy atom. The highest BCUT2D eigenvalue weighted by Gasteiger charge is 2.17. The Kier molecular flexibility index (Phi) is 15.2. The van der Waals surface area contributed by atoms with Crippen LogP contribution in [0.25, 0.3) is 10.8 Å². The van der Waals surface area contributed by atoms with E-state index in [2.05, 4.69) is 6.92 Å². The molecule has 0 heterocycles. The first kappa shape index (κ1) is 28.2. The minimum Gasteiger partial charge on any atom is -0.496 e. The van der Waals surface area contributed by atoms with Crippen LogP contribution in [0, 0.1) is 0 Å². The fourth-order valence-electron chi connectivity index (χ4n) is 4.70. The van der Waals surface area contributed by atoms with Crippen molar-refractivity contribution in [2.45, 2.75) is 116 Å². The monoisotopic (exact) mass is 468 g/mol. The molecule has 190 valence electrons. The van der Waals surface area contributed by atoms with Gasteiger partial charge in [-0.15, -0.1) is 0 Å². The highest BCUT2D eigenvalue weighted by Crippen LogP contribution is 2.28. The van der Waals surface area contributed by atoms with Gasteiger partial charge in [-0.25, -0.2) is 4.79 Å². The van der Waals surface area contributed by atoms with Gasteiger partial charge in [0, 0.05) is 0 Å². The Morgan fingerprint density at radius 3 is 1.68 bits per heavy atom. The second-order valence-corrected chi connectivity index (χ2v) is 9.66. The standard InChI is InChI=1S/C31H48O3/c1-3-4-5-6-7-8-9-10-11-12-13-14-15-16-17-18-21-26-34-31(32)30-28-23-20-19-22-27(28)24-25-29(30)33-2/h19-20,22-25H,3-18,21,26H2,1-2H3. The van der Waals surface area contributed by atoms with Gasteiger partial charge in [0.2, 0.25) is 0 Å². The number of benzene rings is 2. The van der Waals surface area contributed by atoms with Crippen LogP contribution in [0.2, 0.25) is 0 Å². The fraction of sp³-hybridized carbons (Fsp3) is 0.645. The average Bonchev–Trinajstić information content (AvgIpc) is 2.87. The molecule has 0 aromatic heterocycles. The van der Waals surface area contributed by atoms with Crippen LogP contribution in [-0.2, 0) is 4.74 Å². The van der Waals surface area contributed by atoms with Crippen molar-refractivity contribution in [2.24, 2.45) is 0 Å². The third-order valence-electron chi connectivity index (χ3n) is 6.80. The van der Waals surface area contributed by atoms with E-state index in [4.69, 9.17) is 9.47 Å². The molecule has 0 N–H and O–H groups in total. The number of carbonyl (C=O) groups is 1. The number of ether oxygens (including phenoxy) is 2. The number of carbonyl (C=O) groups excluding carboxylic acids is 1. The summed E-state index contributed by atoms with van der Waals surface area (Å²) < 4.78 is 11.0. The van der Waals surface area contributed by atoms with Gasteiger partial charge in [0.15, 0.2) is 0 Å². The maximum atomic E-state index is 12.7. The lowest BCUT2D eigenvalue weighted by molar-refractivity contribution is 0.0496. The first-order valence-electron chi connectivity index (χ1n) is 14.0. The Hall–Kier alpha value is -2.03. The smallest absolute Gasteiger partial charge is 0.342 e. The van der Waals surface area contributed by atoms with E-state index >= 15 is 0 Å². The molecule has 34 heavy (non-hydrogen) atoms. The molecule has 2 rings (SSSR count). The van der Waals surface area contributed by atoms with Crippen LogP contribution in [0.1, 0.15) is 126 Å². The summed E-state index contributed by atoms with van der Waals surface area (Å²) in [5.74, 6) is 0.288. The van der Waals surface area contributed by atoms with Crippen molar-refractivity contribution in [3.8, 4) is 5.75 Å². The molecule has 0 aliphatic carbocycles. The van der Waals surface area contributed by atoms with Crippen LogP contribution in [0.5, 0.6) is 5.75 Å². The molecular weight excluding hydrogens is 420 g/mol. The van der Waals surface area contributed by atoms with Gasteiger partial charge in [-0.2, -0.15) is 0 Å². The van der Waals surface area contributed by atoms with E-state index in [0.717, 1.165) is 23.6 Å². The third kappa shape index (κ3) is 10.9. The first-order valence-corrected chi connectivity index (χ1v) is 14.0. The van der Waals surface area contributed by atoms with E-state index in [9.17, 15) is 4.79 Å². The molecule has 0 atom stereocenters. The van der Waals surface area contributed by atoms with E-state index in [-0.39, 0.29) is 5.97 Å². The second kappa shape index (κ2) is 18.3. The van der Waals surface area contributed by atoms with Crippen LogP contribution in [0.3, 0.4) is 0 Å². The molecule has 0 radical (unpaired) electrons. The maximum Gasteiger partial charge on any atom is 0.342 e. The van der Waals surface area contributed by atoms with Crippen molar-refractivity contribution in [1.29, 1.82) is 0 Å². The van der Waals surface area contributed by atoms with Gasteiger partial charge in [0.05, 0.1) is 13.7 Å². The topological polar surface area (TPSA) is 35.5 Å². The van der Waals surface area contributed by atoms with Gasteiger partial charge in [-0.3, -0.25) is 0 Å². The molecule has 0 fully saturated rings. The zero-order chi connectivity index (χ0) is 24.3. The van der Waals surface area contributed by atoms with Gasteiger partial charge in [0.25, 0.3) is 0 Å². The predicted octanol–water partition coefficient (Wildman–Crippen LogP) is 9.66. The van der Waals surface area contributed by atoms with Crippen LogP contribution in [0.4, 0.5) is 0 Å². The first-order chi connectivity index (χ1) is 16.8. The third-order valence-corrected chi connectivity index (χ3v) is 6.80.